The molecule has 0 aliphatic carbocycles. The molecule has 6 heteroatoms. The summed E-state index contributed by atoms with van der Waals surface area (Å²) in [6.07, 6.45) is 3.44. The van der Waals surface area contributed by atoms with E-state index in [1.165, 1.54) is 16.8 Å². The lowest BCUT2D eigenvalue weighted by Crippen LogP contribution is -2.47. The van der Waals surface area contributed by atoms with E-state index in [0.717, 1.165) is 43.5 Å². The fourth-order valence-electron chi connectivity index (χ4n) is 3.56. The van der Waals surface area contributed by atoms with Gasteiger partial charge in [-0.05, 0) is 43.2 Å². The van der Waals surface area contributed by atoms with Crippen LogP contribution in [0.4, 0.5) is 17.3 Å². The van der Waals surface area contributed by atoms with Crippen LogP contribution in [0.1, 0.15) is 16.8 Å². The number of nitrogens with zero attached hydrogens (tertiary/aromatic N) is 5. The van der Waals surface area contributed by atoms with Crippen molar-refractivity contribution in [2.75, 3.05) is 41.3 Å². The smallest absolute Gasteiger partial charge is 0.134 e. The lowest BCUT2D eigenvalue weighted by atomic mass is 10.1. The highest BCUT2D eigenvalue weighted by Gasteiger charge is 2.20. The molecule has 0 unspecified atom stereocenters. The zero-order valence-corrected chi connectivity index (χ0v) is 16.5. The Balaban J connectivity index is 1.39. The summed E-state index contributed by atoms with van der Waals surface area (Å²) in [6.45, 7) is 8.91. The van der Waals surface area contributed by atoms with Gasteiger partial charge in [-0.25, -0.2) is 9.97 Å². The summed E-state index contributed by atoms with van der Waals surface area (Å²) in [4.78, 5) is 18.0. The third-order valence-electron chi connectivity index (χ3n) is 5.35. The molecule has 0 radical (unpaired) electrons. The number of benzene rings is 1. The van der Waals surface area contributed by atoms with E-state index in [0.29, 0.717) is 6.54 Å². The Bertz CT molecular complexity index is 919. The first-order valence-electron chi connectivity index (χ1n) is 9.72. The summed E-state index contributed by atoms with van der Waals surface area (Å²) in [5, 5.41) is 3.34. The maximum absolute atomic E-state index is 4.49. The van der Waals surface area contributed by atoms with Gasteiger partial charge in [-0.1, -0.05) is 18.2 Å². The van der Waals surface area contributed by atoms with Crippen molar-refractivity contribution < 1.29 is 0 Å². The van der Waals surface area contributed by atoms with E-state index in [1.54, 1.807) is 12.5 Å². The zero-order valence-electron chi connectivity index (χ0n) is 16.5. The number of pyridine rings is 1. The lowest BCUT2D eigenvalue weighted by molar-refractivity contribution is 0.645. The van der Waals surface area contributed by atoms with Gasteiger partial charge in [-0.3, -0.25) is 4.98 Å². The van der Waals surface area contributed by atoms with Crippen molar-refractivity contribution in [1.82, 2.24) is 15.0 Å². The number of aryl methyl sites for hydroxylation is 1. The molecule has 3 heterocycles. The van der Waals surface area contributed by atoms with E-state index in [2.05, 4.69) is 62.1 Å². The van der Waals surface area contributed by atoms with Crippen molar-refractivity contribution >= 4 is 17.3 Å². The first-order chi connectivity index (χ1) is 13.7. The second kappa shape index (κ2) is 8.25. The minimum absolute atomic E-state index is 0.651. The molecule has 2 aromatic heterocycles. The SMILES string of the molecule is Cc1cccc(N2CCN(c3cc(NCc4ccccn4)ncn3)CC2)c1C. The molecule has 1 aromatic carbocycles. The monoisotopic (exact) mass is 374 g/mol. The van der Waals surface area contributed by atoms with Crippen molar-refractivity contribution in [2.45, 2.75) is 20.4 Å². The summed E-state index contributed by atoms with van der Waals surface area (Å²) in [5.41, 5.74) is 5.06. The number of rotatable bonds is 5. The standard InChI is InChI=1S/C22H26N6/c1-17-6-5-8-20(18(17)2)27-10-12-28(13-11-27)22-14-21(25-16-26-22)24-15-19-7-3-4-9-23-19/h3-9,14,16H,10-13,15H2,1-2H3,(H,24,25,26). The summed E-state index contributed by atoms with van der Waals surface area (Å²) in [7, 11) is 0. The molecule has 144 valence electrons. The molecule has 28 heavy (non-hydrogen) atoms. The Morgan fingerprint density at radius 3 is 2.50 bits per heavy atom. The highest BCUT2D eigenvalue weighted by atomic mass is 15.3. The number of nitrogens with one attached hydrogen (secondary N) is 1. The van der Waals surface area contributed by atoms with Crippen LogP contribution in [-0.2, 0) is 6.54 Å². The van der Waals surface area contributed by atoms with Gasteiger partial charge in [-0.15, -0.1) is 0 Å². The third kappa shape index (κ3) is 4.06. The number of piperazine rings is 1. The van der Waals surface area contributed by atoms with Gasteiger partial charge < -0.3 is 15.1 Å². The molecule has 1 aliphatic rings. The summed E-state index contributed by atoms with van der Waals surface area (Å²) >= 11 is 0. The number of anilines is 3. The van der Waals surface area contributed by atoms with Crippen molar-refractivity contribution in [1.29, 1.82) is 0 Å². The summed E-state index contributed by atoms with van der Waals surface area (Å²) in [6, 6.07) is 14.5. The van der Waals surface area contributed by atoms with Crippen molar-refractivity contribution in [2.24, 2.45) is 0 Å². The average molecular weight is 374 g/mol. The molecule has 4 rings (SSSR count). The van der Waals surface area contributed by atoms with Gasteiger partial charge in [0.05, 0.1) is 12.2 Å². The Morgan fingerprint density at radius 1 is 0.893 bits per heavy atom. The van der Waals surface area contributed by atoms with Gasteiger partial charge in [0.1, 0.15) is 18.0 Å². The van der Waals surface area contributed by atoms with E-state index in [4.69, 9.17) is 0 Å². The topological polar surface area (TPSA) is 57.2 Å². The fourth-order valence-corrected chi connectivity index (χ4v) is 3.56. The molecule has 1 aliphatic heterocycles. The lowest BCUT2D eigenvalue weighted by Gasteiger charge is -2.37. The molecule has 1 saturated heterocycles. The molecular formula is C22H26N6. The Hall–Kier alpha value is -3.15. The quantitative estimate of drug-likeness (QED) is 0.738. The number of hydrogen-bond donors (Lipinski definition) is 1. The van der Waals surface area contributed by atoms with Gasteiger partial charge in [0, 0.05) is 44.1 Å². The highest BCUT2D eigenvalue weighted by Crippen LogP contribution is 2.25. The van der Waals surface area contributed by atoms with E-state index in [9.17, 15) is 0 Å². The minimum atomic E-state index is 0.651. The van der Waals surface area contributed by atoms with Crippen molar-refractivity contribution in [3.8, 4) is 0 Å². The molecular weight excluding hydrogens is 348 g/mol. The molecule has 0 spiro atoms. The Morgan fingerprint density at radius 2 is 1.71 bits per heavy atom. The normalized spacial score (nSPS) is 14.2. The first-order valence-corrected chi connectivity index (χ1v) is 9.72. The largest absolute Gasteiger partial charge is 0.368 e. The van der Waals surface area contributed by atoms with Gasteiger partial charge in [0.15, 0.2) is 0 Å². The molecule has 6 nitrogen and oxygen atoms in total. The van der Waals surface area contributed by atoms with E-state index in [-0.39, 0.29) is 0 Å². The van der Waals surface area contributed by atoms with Gasteiger partial charge in [-0.2, -0.15) is 0 Å². The molecule has 0 amide bonds. The predicted molar refractivity (Wildman–Crippen MR) is 114 cm³/mol. The van der Waals surface area contributed by atoms with Gasteiger partial charge >= 0.3 is 0 Å². The van der Waals surface area contributed by atoms with Gasteiger partial charge in [0.2, 0.25) is 0 Å². The average Bonchev–Trinajstić information content (AvgIpc) is 2.75. The Kier molecular flexibility index (Phi) is 5.37. The van der Waals surface area contributed by atoms with Crippen LogP contribution in [0.3, 0.4) is 0 Å². The Labute approximate surface area is 166 Å². The van der Waals surface area contributed by atoms with Crippen LogP contribution >= 0.6 is 0 Å². The molecule has 3 aromatic rings. The molecule has 0 saturated carbocycles. The van der Waals surface area contributed by atoms with Crippen LogP contribution in [0.5, 0.6) is 0 Å². The van der Waals surface area contributed by atoms with Crippen LogP contribution < -0.4 is 15.1 Å². The van der Waals surface area contributed by atoms with Crippen LogP contribution in [0.25, 0.3) is 0 Å². The highest BCUT2D eigenvalue weighted by molar-refractivity contribution is 5.57. The number of hydrogen-bond acceptors (Lipinski definition) is 6. The molecule has 0 bridgehead atoms. The second-order valence-electron chi connectivity index (χ2n) is 7.13. The fraction of sp³-hybridized carbons (Fsp3) is 0.318. The van der Waals surface area contributed by atoms with E-state index < -0.39 is 0 Å². The molecule has 1 fully saturated rings. The van der Waals surface area contributed by atoms with E-state index in [1.807, 2.05) is 24.3 Å². The molecule has 0 atom stereocenters. The minimum Gasteiger partial charge on any atom is -0.368 e. The number of aromatic nitrogens is 3. The van der Waals surface area contributed by atoms with Crippen molar-refractivity contribution in [3.05, 3.63) is 71.8 Å². The van der Waals surface area contributed by atoms with Crippen LogP contribution in [0, 0.1) is 13.8 Å². The summed E-state index contributed by atoms with van der Waals surface area (Å²) < 4.78 is 0. The molecule has 1 N–H and O–H groups in total. The first kappa shape index (κ1) is 18.2. The van der Waals surface area contributed by atoms with Crippen LogP contribution in [-0.4, -0.2) is 41.1 Å². The zero-order chi connectivity index (χ0) is 19.3. The van der Waals surface area contributed by atoms with Crippen LogP contribution in [0.15, 0.2) is 55.0 Å². The second-order valence-corrected chi connectivity index (χ2v) is 7.13. The third-order valence-corrected chi connectivity index (χ3v) is 5.35. The maximum Gasteiger partial charge on any atom is 0.134 e. The van der Waals surface area contributed by atoms with Crippen molar-refractivity contribution in [3.63, 3.8) is 0 Å². The van der Waals surface area contributed by atoms with Crippen LogP contribution in [0.2, 0.25) is 0 Å². The van der Waals surface area contributed by atoms with E-state index >= 15 is 0 Å². The van der Waals surface area contributed by atoms with Gasteiger partial charge in [0.25, 0.3) is 0 Å². The predicted octanol–water partition coefficient (Wildman–Crippen LogP) is 3.43. The summed E-state index contributed by atoms with van der Waals surface area (Å²) in [5.74, 6) is 1.80. The maximum atomic E-state index is 4.49.